The standard InChI is InChI=1S/C25H21NO2/c1-3-16-10-13-22-20(14-16)21(15-17-8-11-18(27-2)12-9-17)25-24(26-22)19-6-4-5-7-23(19)28-25/h4-14H,3,15H2,1-2H3. The highest BCUT2D eigenvalue weighted by atomic mass is 16.5. The summed E-state index contributed by atoms with van der Waals surface area (Å²) in [7, 11) is 1.69. The van der Waals surface area contributed by atoms with Gasteiger partial charge in [0.2, 0.25) is 0 Å². The first-order valence-electron chi connectivity index (χ1n) is 9.62. The number of para-hydroxylation sites is 1. The summed E-state index contributed by atoms with van der Waals surface area (Å²) in [5.41, 5.74) is 7.44. The molecule has 0 saturated carbocycles. The van der Waals surface area contributed by atoms with Crippen LogP contribution in [0.15, 0.2) is 71.1 Å². The molecule has 138 valence electrons. The number of furan rings is 1. The molecule has 0 aliphatic heterocycles. The minimum Gasteiger partial charge on any atom is -0.497 e. The Morgan fingerprint density at radius 3 is 2.46 bits per heavy atom. The zero-order valence-corrected chi connectivity index (χ0v) is 16.0. The molecule has 3 heteroatoms. The van der Waals surface area contributed by atoms with Gasteiger partial charge in [0.05, 0.1) is 12.6 Å². The molecule has 0 N–H and O–H groups in total. The molecule has 0 amide bonds. The van der Waals surface area contributed by atoms with Crippen molar-refractivity contribution >= 4 is 33.0 Å². The van der Waals surface area contributed by atoms with Crippen molar-refractivity contribution in [2.75, 3.05) is 7.11 Å². The van der Waals surface area contributed by atoms with E-state index in [0.717, 1.165) is 46.2 Å². The second-order valence-electron chi connectivity index (χ2n) is 7.10. The van der Waals surface area contributed by atoms with E-state index in [0.29, 0.717) is 0 Å². The summed E-state index contributed by atoms with van der Waals surface area (Å²) in [6.45, 7) is 2.18. The number of ether oxygens (including phenoxy) is 1. The van der Waals surface area contributed by atoms with Gasteiger partial charge in [-0.15, -0.1) is 0 Å². The Labute approximate surface area is 163 Å². The third kappa shape index (κ3) is 2.71. The lowest BCUT2D eigenvalue weighted by molar-refractivity contribution is 0.414. The average Bonchev–Trinajstić information content (AvgIpc) is 3.12. The smallest absolute Gasteiger partial charge is 0.158 e. The fourth-order valence-corrected chi connectivity index (χ4v) is 3.86. The first-order valence-corrected chi connectivity index (χ1v) is 9.62. The van der Waals surface area contributed by atoms with Crippen molar-refractivity contribution in [3.05, 3.63) is 83.4 Å². The fraction of sp³-hybridized carbons (Fsp3) is 0.160. The first kappa shape index (κ1) is 16.8. The molecule has 0 radical (unpaired) electrons. The number of fused-ring (bicyclic) bond motifs is 4. The summed E-state index contributed by atoms with van der Waals surface area (Å²) in [6, 6.07) is 22.9. The molecule has 5 aromatic rings. The zero-order valence-electron chi connectivity index (χ0n) is 16.0. The molecule has 0 spiro atoms. The number of nitrogens with zero attached hydrogens (tertiary/aromatic N) is 1. The predicted octanol–water partition coefficient (Wildman–Crippen LogP) is 6.30. The van der Waals surface area contributed by atoms with Crippen LogP contribution in [0.4, 0.5) is 0 Å². The van der Waals surface area contributed by atoms with Gasteiger partial charge >= 0.3 is 0 Å². The van der Waals surface area contributed by atoms with E-state index in [9.17, 15) is 0 Å². The van der Waals surface area contributed by atoms with Crippen LogP contribution < -0.4 is 4.74 Å². The second-order valence-corrected chi connectivity index (χ2v) is 7.10. The van der Waals surface area contributed by atoms with Crippen molar-refractivity contribution in [3.63, 3.8) is 0 Å². The molecule has 0 atom stereocenters. The highest BCUT2D eigenvalue weighted by molar-refractivity contribution is 6.08. The largest absolute Gasteiger partial charge is 0.497 e. The molecular weight excluding hydrogens is 346 g/mol. The number of pyridine rings is 1. The Kier molecular flexibility index (Phi) is 4.01. The molecule has 3 aromatic carbocycles. The molecule has 0 saturated heterocycles. The van der Waals surface area contributed by atoms with E-state index in [1.807, 2.05) is 30.3 Å². The maximum Gasteiger partial charge on any atom is 0.158 e. The van der Waals surface area contributed by atoms with E-state index in [4.69, 9.17) is 14.1 Å². The van der Waals surface area contributed by atoms with Crippen LogP contribution >= 0.6 is 0 Å². The number of hydrogen-bond acceptors (Lipinski definition) is 3. The van der Waals surface area contributed by atoms with Crippen LogP contribution in [0.3, 0.4) is 0 Å². The van der Waals surface area contributed by atoms with Crippen LogP contribution in [-0.2, 0) is 12.8 Å². The van der Waals surface area contributed by atoms with Crippen molar-refractivity contribution in [1.29, 1.82) is 0 Å². The van der Waals surface area contributed by atoms with Crippen LogP contribution in [0.25, 0.3) is 33.0 Å². The Balaban J connectivity index is 1.80. The number of hydrogen-bond donors (Lipinski definition) is 0. The van der Waals surface area contributed by atoms with Crippen molar-refractivity contribution in [2.24, 2.45) is 0 Å². The Hall–Kier alpha value is -3.33. The van der Waals surface area contributed by atoms with Crippen LogP contribution in [0.2, 0.25) is 0 Å². The van der Waals surface area contributed by atoms with Crippen molar-refractivity contribution in [3.8, 4) is 5.75 Å². The monoisotopic (exact) mass is 367 g/mol. The normalized spacial score (nSPS) is 11.5. The lowest BCUT2D eigenvalue weighted by atomic mass is 9.97. The molecule has 2 aromatic heterocycles. The summed E-state index contributed by atoms with van der Waals surface area (Å²) in [5.74, 6) is 0.866. The molecule has 5 rings (SSSR count). The lowest BCUT2D eigenvalue weighted by Gasteiger charge is -2.10. The third-order valence-electron chi connectivity index (χ3n) is 5.41. The van der Waals surface area contributed by atoms with E-state index in [1.54, 1.807) is 7.11 Å². The summed E-state index contributed by atoms with van der Waals surface area (Å²) in [4.78, 5) is 4.96. The van der Waals surface area contributed by atoms with E-state index >= 15 is 0 Å². The van der Waals surface area contributed by atoms with Crippen LogP contribution in [0.1, 0.15) is 23.6 Å². The highest BCUT2D eigenvalue weighted by Crippen LogP contribution is 2.35. The molecule has 0 unspecified atom stereocenters. The zero-order chi connectivity index (χ0) is 19.1. The maximum absolute atomic E-state index is 6.30. The van der Waals surface area contributed by atoms with E-state index < -0.39 is 0 Å². The summed E-state index contributed by atoms with van der Waals surface area (Å²) in [6.07, 6.45) is 1.78. The van der Waals surface area contributed by atoms with Crippen molar-refractivity contribution < 1.29 is 9.15 Å². The van der Waals surface area contributed by atoms with Crippen LogP contribution in [-0.4, -0.2) is 12.1 Å². The van der Waals surface area contributed by atoms with Gasteiger partial charge in [-0.3, -0.25) is 0 Å². The molecular formula is C25H21NO2. The van der Waals surface area contributed by atoms with Gasteiger partial charge in [-0.25, -0.2) is 4.98 Å². The van der Waals surface area contributed by atoms with Gasteiger partial charge in [-0.05, 0) is 53.9 Å². The quantitative estimate of drug-likeness (QED) is 0.374. The Bertz CT molecular complexity index is 1300. The van der Waals surface area contributed by atoms with E-state index in [2.05, 4.69) is 43.3 Å². The molecule has 2 heterocycles. The maximum atomic E-state index is 6.30. The van der Waals surface area contributed by atoms with Gasteiger partial charge in [0.1, 0.15) is 16.8 Å². The summed E-state index contributed by atoms with van der Waals surface area (Å²) >= 11 is 0. The third-order valence-corrected chi connectivity index (χ3v) is 5.41. The summed E-state index contributed by atoms with van der Waals surface area (Å²) < 4.78 is 11.6. The topological polar surface area (TPSA) is 35.3 Å². The Morgan fingerprint density at radius 2 is 1.68 bits per heavy atom. The Morgan fingerprint density at radius 1 is 0.893 bits per heavy atom. The number of rotatable bonds is 4. The first-order chi connectivity index (χ1) is 13.8. The second kappa shape index (κ2) is 6.68. The van der Waals surface area contributed by atoms with Crippen LogP contribution in [0, 0.1) is 0 Å². The molecule has 0 aliphatic rings. The predicted molar refractivity (Wildman–Crippen MR) is 114 cm³/mol. The number of aromatic nitrogens is 1. The van der Waals surface area contributed by atoms with Gasteiger partial charge in [-0.1, -0.05) is 37.3 Å². The van der Waals surface area contributed by atoms with Gasteiger partial charge in [-0.2, -0.15) is 0 Å². The molecule has 0 bridgehead atoms. The molecule has 0 fully saturated rings. The van der Waals surface area contributed by atoms with Gasteiger partial charge < -0.3 is 9.15 Å². The average molecular weight is 367 g/mol. The van der Waals surface area contributed by atoms with E-state index in [-0.39, 0.29) is 0 Å². The minimum absolute atomic E-state index is 0.784. The van der Waals surface area contributed by atoms with Gasteiger partial charge in [0.25, 0.3) is 0 Å². The number of benzene rings is 3. The van der Waals surface area contributed by atoms with E-state index in [1.165, 1.54) is 22.1 Å². The molecule has 0 aliphatic carbocycles. The highest BCUT2D eigenvalue weighted by Gasteiger charge is 2.17. The molecule has 28 heavy (non-hydrogen) atoms. The SMILES string of the molecule is CCc1ccc2nc3c(oc4ccccc43)c(Cc3ccc(OC)cc3)c2c1. The lowest BCUT2D eigenvalue weighted by Crippen LogP contribution is -1.95. The van der Waals surface area contributed by atoms with Crippen molar-refractivity contribution in [2.45, 2.75) is 19.8 Å². The van der Waals surface area contributed by atoms with Crippen molar-refractivity contribution in [1.82, 2.24) is 4.98 Å². The number of aryl methyl sites for hydroxylation is 1. The van der Waals surface area contributed by atoms with Gasteiger partial charge in [0, 0.05) is 22.8 Å². The fourth-order valence-electron chi connectivity index (χ4n) is 3.86. The molecule has 3 nitrogen and oxygen atoms in total. The van der Waals surface area contributed by atoms with Crippen LogP contribution in [0.5, 0.6) is 5.75 Å². The number of methoxy groups -OCH3 is 1. The van der Waals surface area contributed by atoms with Gasteiger partial charge in [0.15, 0.2) is 5.58 Å². The summed E-state index contributed by atoms with van der Waals surface area (Å²) in [5, 5.41) is 2.23. The minimum atomic E-state index is 0.784.